The summed E-state index contributed by atoms with van der Waals surface area (Å²) < 4.78 is 0. The molecule has 0 aliphatic rings. The van der Waals surface area contributed by atoms with Crippen LogP contribution in [0.25, 0.3) is 0 Å². The lowest BCUT2D eigenvalue weighted by Gasteiger charge is -2.12. The maximum Gasteiger partial charge on any atom is 0.255 e. The van der Waals surface area contributed by atoms with Crippen molar-refractivity contribution in [2.75, 3.05) is 16.0 Å². The van der Waals surface area contributed by atoms with E-state index in [0.717, 1.165) is 0 Å². The lowest BCUT2D eigenvalue weighted by molar-refractivity contribution is -0.115. The summed E-state index contributed by atoms with van der Waals surface area (Å²) in [6, 6.07) is 10.8. The number of hydrogen-bond donors (Lipinski definition) is 4. The third-order valence-corrected chi connectivity index (χ3v) is 3.28. The third-order valence-electron chi connectivity index (χ3n) is 3.28. The van der Waals surface area contributed by atoms with Crippen molar-refractivity contribution in [3.63, 3.8) is 0 Å². The van der Waals surface area contributed by atoms with Gasteiger partial charge in [0.2, 0.25) is 11.8 Å². The van der Waals surface area contributed by atoms with Gasteiger partial charge in [0.1, 0.15) is 0 Å². The zero-order valence-corrected chi connectivity index (χ0v) is 14.3. The van der Waals surface area contributed by atoms with Gasteiger partial charge in [0, 0.05) is 30.8 Å². The lowest BCUT2D eigenvalue weighted by atomic mass is 10.1. The fraction of sp³-hybridized carbons (Fsp3) is 0.111. The molecule has 0 aliphatic carbocycles. The molecule has 8 nitrogen and oxygen atoms in total. The first-order chi connectivity index (χ1) is 12.3. The van der Waals surface area contributed by atoms with Crippen LogP contribution in [0.2, 0.25) is 0 Å². The molecule has 0 spiro atoms. The number of nitrogens with two attached hydrogens (primary N) is 1. The number of para-hydroxylation sites is 1. The van der Waals surface area contributed by atoms with E-state index < -0.39 is 11.8 Å². The van der Waals surface area contributed by atoms with Gasteiger partial charge >= 0.3 is 0 Å². The van der Waals surface area contributed by atoms with Gasteiger partial charge in [-0.3, -0.25) is 19.2 Å². The van der Waals surface area contributed by atoms with Crippen molar-refractivity contribution in [3.8, 4) is 0 Å². The Kier molecular flexibility index (Phi) is 5.69. The SMILES string of the molecule is CC(=O)Nc1cc(NC(C)=O)cc(C(=O)Nc2ccccc2C(N)=O)c1. The van der Waals surface area contributed by atoms with E-state index in [-0.39, 0.29) is 28.6 Å². The van der Waals surface area contributed by atoms with Crippen molar-refractivity contribution < 1.29 is 19.2 Å². The number of benzene rings is 2. The highest BCUT2D eigenvalue weighted by atomic mass is 16.2. The average Bonchev–Trinajstić information content (AvgIpc) is 2.53. The predicted octanol–water partition coefficient (Wildman–Crippen LogP) is 1.95. The van der Waals surface area contributed by atoms with Gasteiger partial charge in [-0.2, -0.15) is 0 Å². The molecule has 0 radical (unpaired) electrons. The van der Waals surface area contributed by atoms with Crippen LogP contribution in [0, 0.1) is 0 Å². The highest BCUT2D eigenvalue weighted by Crippen LogP contribution is 2.21. The number of anilines is 3. The molecule has 8 heteroatoms. The van der Waals surface area contributed by atoms with E-state index in [9.17, 15) is 19.2 Å². The van der Waals surface area contributed by atoms with Crippen molar-refractivity contribution in [2.24, 2.45) is 5.73 Å². The third kappa shape index (κ3) is 4.91. The number of amides is 4. The second-order valence-corrected chi connectivity index (χ2v) is 5.53. The number of carbonyl (C=O) groups is 4. The van der Waals surface area contributed by atoms with Gasteiger partial charge in [0.05, 0.1) is 11.3 Å². The number of hydrogen-bond acceptors (Lipinski definition) is 4. The predicted molar refractivity (Wildman–Crippen MR) is 98.0 cm³/mol. The second-order valence-electron chi connectivity index (χ2n) is 5.53. The zero-order valence-electron chi connectivity index (χ0n) is 14.3. The molecule has 5 N–H and O–H groups in total. The number of rotatable bonds is 5. The van der Waals surface area contributed by atoms with Gasteiger partial charge in [0.15, 0.2) is 0 Å². The smallest absolute Gasteiger partial charge is 0.255 e. The summed E-state index contributed by atoms with van der Waals surface area (Å²) in [5.74, 6) is -1.85. The van der Waals surface area contributed by atoms with E-state index in [1.54, 1.807) is 18.2 Å². The molecule has 0 heterocycles. The Labute approximate surface area is 149 Å². The minimum Gasteiger partial charge on any atom is -0.366 e. The molecule has 0 saturated heterocycles. The number of nitrogens with one attached hydrogen (secondary N) is 3. The Morgan fingerprint density at radius 1 is 0.808 bits per heavy atom. The van der Waals surface area contributed by atoms with E-state index >= 15 is 0 Å². The zero-order chi connectivity index (χ0) is 19.3. The van der Waals surface area contributed by atoms with Gasteiger partial charge in [-0.05, 0) is 30.3 Å². The highest BCUT2D eigenvalue weighted by Gasteiger charge is 2.14. The van der Waals surface area contributed by atoms with Crippen LogP contribution in [0.1, 0.15) is 34.6 Å². The second kappa shape index (κ2) is 7.93. The first-order valence-corrected chi connectivity index (χ1v) is 7.66. The van der Waals surface area contributed by atoms with Crippen LogP contribution in [-0.2, 0) is 9.59 Å². The maximum absolute atomic E-state index is 12.6. The molecule has 0 aromatic heterocycles. The number of primary amides is 1. The molecule has 4 amide bonds. The minimum atomic E-state index is -0.674. The summed E-state index contributed by atoms with van der Waals surface area (Å²) in [4.78, 5) is 46.6. The normalized spacial score (nSPS) is 9.92. The molecule has 26 heavy (non-hydrogen) atoms. The molecule has 134 valence electrons. The fourth-order valence-corrected chi connectivity index (χ4v) is 2.31. The molecular weight excluding hydrogens is 336 g/mol. The Balaban J connectivity index is 2.36. The van der Waals surface area contributed by atoms with Gasteiger partial charge in [-0.25, -0.2) is 0 Å². The summed E-state index contributed by atoms with van der Waals surface area (Å²) in [6.45, 7) is 2.65. The van der Waals surface area contributed by atoms with Crippen molar-refractivity contribution in [2.45, 2.75) is 13.8 Å². The van der Waals surface area contributed by atoms with Crippen molar-refractivity contribution in [3.05, 3.63) is 53.6 Å². The quantitative estimate of drug-likeness (QED) is 0.653. The van der Waals surface area contributed by atoms with Crippen LogP contribution < -0.4 is 21.7 Å². The molecule has 2 aromatic rings. The Morgan fingerprint density at radius 3 is 1.85 bits per heavy atom. The molecule has 2 rings (SSSR count). The summed E-state index contributed by atoms with van der Waals surface area (Å²) in [6.07, 6.45) is 0. The monoisotopic (exact) mass is 354 g/mol. The summed E-state index contributed by atoms with van der Waals surface area (Å²) in [7, 11) is 0. The van der Waals surface area contributed by atoms with Gasteiger partial charge in [-0.1, -0.05) is 12.1 Å². The largest absolute Gasteiger partial charge is 0.366 e. The molecule has 0 fully saturated rings. The molecular formula is C18H18N4O4. The first-order valence-electron chi connectivity index (χ1n) is 7.66. The van der Waals surface area contributed by atoms with Crippen LogP contribution in [0.15, 0.2) is 42.5 Å². The summed E-state index contributed by atoms with van der Waals surface area (Å²) >= 11 is 0. The van der Waals surface area contributed by atoms with Crippen molar-refractivity contribution in [1.82, 2.24) is 0 Å². The summed E-state index contributed by atoms with van der Waals surface area (Å²) in [5, 5.41) is 7.73. The molecule has 0 aliphatic heterocycles. The van der Waals surface area contributed by atoms with Crippen molar-refractivity contribution in [1.29, 1.82) is 0 Å². The molecule has 0 bridgehead atoms. The van der Waals surface area contributed by atoms with Gasteiger partial charge in [-0.15, -0.1) is 0 Å². The van der Waals surface area contributed by atoms with E-state index in [0.29, 0.717) is 11.4 Å². The molecule has 0 unspecified atom stereocenters. The van der Waals surface area contributed by atoms with Crippen LogP contribution in [0.5, 0.6) is 0 Å². The van der Waals surface area contributed by atoms with E-state index in [1.807, 2.05) is 0 Å². The first kappa shape index (κ1) is 18.7. The molecule has 0 saturated carbocycles. The van der Waals surface area contributed by atoms with Crippen LogP contribution in [-0.4, -0.2) is 23.6 Å². The summed E-state index contributed by atoms with van der Waals surface area (Å²) in [5.41, 5.74) is 6.60. The molecule has 2 aromatic carbocycles. The van der Waals surface area contributed by atoms with Crippen LogP contribution in [0.3, 0.4) is 0 Å². The molecule has 0 atom stereocenters. The maximum atomic E-state index is 12.6. The highest BCUT2D eigenvalue weighted by molar-refractivity contribution is 6.10. The van der Waals surface area contributed by atoms with Gasteiger partial charge in [0.25, 0.3) is 11.8 Å². The minimum absolute atomic E-state index is 0.168. The Hall–Kier alpha value is -3.68. The lowest BCUT2D eigenvalue weighted by Crippen LogP contribution is -2.19. The topological polar surface area (TPSA) is 130 Å². The fourth-order valence-electron chi connectivity index (χ4n) is 2.31. The van der Waals surface area contributed by atoms with Crippen LogP contribution >= 0.6 is 0 Å². The van der Waals surface area contributed by atoms with E-state index in [1.165, 1.54) is 38.1 Å². The standard InChI is InChI=1S/C18H18N4O4/c1-10(23)20-13-7-12(8-14(9-13)21-11(2)24)18(26)22-16-6-4-3-5-15(16)17(19)25/h3-9H,1-2H3,(H2,19,25)(H,20,23)(H,21,24)(H,22,26). The van der Waals surface area contributed by atoms with Crippen molar-refractivity contribution >= 4 is 40.7 Å². The number of carbonyl (C=O) groups excluding carboxylic acids is 4. The van der Waals surface area contributed by atoms with Gasteiger partial charge < -0.3 is 21.7 Å². The van der Waals surface area contributed by atoms with E-state index in [4.69, 9.17) is 5.73 Å². The van der Waals surface area contributed by atoms with Crippen LogP contribution in [0.4, 0.5) is 17.1 Å². The van der Waals surface area contributed by atoms with E-state index in [2.05, 4.69) is 16.0 Å². The average molecular weight is 354 g/mol. The Morgan fingerprint density at radius 2 is 1.35 bits per heavy atom. The Bertz CT molecular complexity index is 858.